The van der Waals surface area contributed by atoms with Gasteiger partial charge in [-0.05, 0) is 42.0 Å². The zero-order valence-corrected chi connectivity index (χ0v) is 14.8. The lowest BCUT2D eigenvalue weighted by Gasteiger charge is -2.34. The van der Waals surface area contributed by atoms with Gasteiger partial charge in [-0.25, -0.2) is 4.68 Å². The fourth-order valence-corrected chi connectivity index (χ4v) is 3.32. The highest BCUT2D eigenvalue weighted by Gasteiger charge is 2.21. The maximum Gasteiger partial charge on any atom is 0.231 e. The van der Waals surface area contributed by atoms with Crippen LogP contribution in [-0.4, -0.2) is 63.0 Å². The highest BCUT2D eigenvalue weighted by atomic mass is 16.7. The number of aromatic nitrogens is 4. The minimum atomic E-state index is 0.289. The number of tetrazole rings is 1. The largest absolute Gasteiger partial charge is 0.454 e. The predicted octanol–water partition coefficient (Wildman–Crippen LogP) is 1.30. The van der Waals surface area contributed by atoms with Crippen molar-refractivity contribution in [3.8, 4) is 11.5 Å². The van der Waals surface area contributed by atoms with E-state index in [9.17, 15) is 0 Å². The van der Waals surface area contributed by atoms with E-state index in [0.717, 1.165) is 56.6 Å². The summed E-state index contributed by atoms with van der Waals surface area (Å²) in [5, 5.41) is 12.1. The molecule has 2 aliphatic rings. The van der Waals surface area contributed by atoms with Crippen LogP contribution in [0.2, 0.25) is 0 Å². The molecule has 0 spiro atoms. The summed E-state index contributed by atoms with van der Waals surface area (Å²) >= 11 is 0. The first-order valence-electron chi connectivity index (χ1n) is 8.79. The molecule has 8 nitrogen and oxygen atoms in total. The van der Waals surface area contributed by atoms with Crippen LogP contribution >= 0.6 is 0 Å². The van der Waals surface area contributed by atoms with Crippen LogP contribution < -0.4 is 9.47 Å². The third kappa shape index (κ3) is 3.59. The molecule has 0 unspecified atom stereocenters. The van der Waals surface area contributed by atoms with Crippen molar-refractivity contribution in [2.45, 2.75) is 33.0 Å². The second-order valence-electron chi connectivity index (χ2n) is 6.87. The van der Waals surface area contributed by atoms with Crippen molar-refractivity contribution in [2.24, 2.45) is 0 Å². The molecular weight excluding hydrogens is 320 g/mol. The molecule has 0 bridgehead atoms. The first-order chi connectivity index (χ1) is 12.2. The molecule has 134 valence electrons. The summed E-state index contributed by atoms with van der Waals surface area (Å²) in [5.74, 6) is 2.65. The fraction of sp³-hybridized carbons (Fsp3) is 0.588. The van der Waals surface area contributed by atoms with Gasteiger partial charge in [0.25, 0.3) is 0 Å². The fourth-order valence-electron chi connectivity index (χ4n) is 3.32. The summed E-state index contributed by atoms with van der Waals surface area (Å²) < 4.78 is 12.7. The van der Waals surface area contributed by atoms with E-state index >= 15 is 0 Å². The second-order valence-corrected chi connectivity index (χ2v) is 6.87. The molecule has 1 aromatic heterocycles. The predicted molar refractivity (Wildman–Crippen MR) is 91.3 cm³/mol. The van der Waals surface area contributed by atoms with E-state index in [4.69, 9.17) is 9.47 Å². The van der Waals surface area contributed by atoms with E-state index in [0.29, 0.717) is 6.79 Å². The van der Waals surface area contributed by atoms with Crippen LogP contribution in [0.3, 0.4) is 0 Å². The molecule has 0 N–H and O–H groups in total. The summed E-state index contributed by atoms with van der Waals surface area (Å²) in [6, 6.07) is 6.50. The SMILES string of the molecule is CC(C)n1nnnc1CN1CCN(Cc2ccc3c(c2)OCO3)CC1. The Labute approximate surface area is 147 Å². The van der Waals surface area contributed by atoms with E-state index < -0.39 is 0 Å². The lowest BCUT2D eigenvalue weighted by molar-refractivity contribution is 0.118. The average Bonchev–Trinajstić information content (AvgIpc) is 3.25. The van der Waals surface area contributed by atoms with E-state index in [-0.39, 0.29) is 6.04 Å². The number of ether oxygens (including phenoxy) is 2. The molecule has 0 amide bonds. The molecule has 0 radical (unpaired) electrons. The third-order valence-electron chi connectivity index (χ3n) is 4.72. The smallest absolute Gasteiger partial charge is 0.231 e. The van der Waals surface area contributed by atoms with E-state index in [1.807, 2.05) is 10.7 Å². The summed E-state index contributed by atoms with van der Waals surface area (Å²) in [7, 11) is 0. The number of piperazine rings is 1. The van der Waals surface area contributed by atoms with Crippen LogP contribution in [0.15, 0.2) is 18.2 Å². The summed E-state index contributed by atoms with van der Waals surface area (Å²) in [5.41, 5.74) is 1.27. The molecule has 0 aliphatic carbocycles. The van der Waals surface area contributed by atoms with Crippen LogP contribution in [0.4, 0.5) is 0 Å². The first kappa shape index (κ1) is 16.3. The molecular formula is C17H24N6O2. The van der Waals surface area contributed by atoms with Gasteiger partial charge in [0.2, 0.25) is 6.79 Å². The maximum absolute atomic E-state index is 5.46. The van der Waals surface area contributed by atoms with Crippen molar-refractivity contribution in [3.63, 3.8) is 0 Å². The van der Waals surface area contributed by atoms with Gasteiger partial charge in [0.15, 0.2) is 17.3 Å². The van der Waals surface area contributed by atoms with E-state index in [2.05, 4.69) is 51.3 Å². The van der Waals surface area contributed by atoms with Gasteiger partial charge in [0, 0.05) is 32.7 Å². The number of hydrogen-bond donors (Lipinski definition) is 0. The quantitative estimate of drug-likeness (QED) is 0.810. The lowest BCUT2D eigenvalue weighted by Crippen LogP contribution is -2.45. The van der Waals surface area contributed by atoms with Crippen molar-refractivity contribution >= 4 is 0 Å². The van der Waals surface area contributed by atoms with Crippen molar-refractivity contribution in [1.82, 2.24) is 30.0 Å². The van der Waals surface area contributed by atoms with Gasteiger partial charge < -0.3 is 9.47 Å². The summed E-state index contributed by atoms with van der Waals surface area (Å²) in [4.78, 5) is 4.89. The average molecular weight is 344 g/mol. The van der Waals surface area contributed by atoms with Crippen LogP contribution in [0.1, 0.15) is 31.3 Å². The standard InChI is InChI=1S/C17H24N6O2/c1-13(2)23-17(18-19-20-23)11-22-7-5-21(6-8-22)10-14-3-4-15-16(9-14)25-12-24-15/h3-4,9,13H,5-8,10-12H2,1-2H3. The minimum absolute atomic E-state index is 0.289. The number of benzene rings is 1. The molecule has 1 saturated heterocycles. The van der Waals surface area contributed by atoms with Gasteiger partial charge in [0.05, 0.1) is 12.6 Å². The monoisotopic (exact) mass is 344 g/mol. The Kier molecular flexibility index (Phi) is 4.54. The van der Waals surface area contributed by atoms with Gasteiger partial charge in [-0.15, -0.1) is 5.10 Å². The van der Waals surface area contributed by atoms with Crippen LogP contribution in [0.25, 0.3) is 0 Å². The lowest BCUT2D eigenvalue weighted by atomic mass is 10.1. The van der Waals surface area contributed by atoms with Crippen molar-refractivity contribution < 1.29 is 9.47 Å². The molecule has 8 heteroatoms. The van der Waals surface area contributed by atoms with E-state index in [1.165, 1.54) is 5.56 Å². The number of fused-ring (bicyclic) bond motifs is 1. The van der Waals surface area contributed by atoms with E-state index in [1.54, 1.807) is 0 Å². The van der Waals surface area contributed by atoms with Crippen LogP contribution in [-0.2, 0) is 13.1 Å². The molecule has 25 heavy (non-hydrogen) atoms. The second kappa shape index (κ2) is 6.97. The molecule has 0 atom stereocenters. The molecule has 1 aromatic carbocycles. The zero-order chi connectivity index (χ0) is 17.2. The van der Waals surface area contributed by atoms with Crippen molar-refractivity contribution in [2.75, 3.05) is 33.0 Å². The van der Waals surface area contributed by atoms with Gasteiger partial charge >= 0.3 is 0 Å². The third-order valence-corrected chi connectivity index (χ3v) is 4.72. The maximum atomic E-state index is 5.46. The Hall–Kier alpha value is -2.19. The van der Waals surface area contributed by atoms with Crippen LogP contribution in [0, 0.1) is 0 Å². The summed E-state index contributed by atoms with van der Waals surface area (Å²) in [6.07, 6.45) is 0. The normalized spacial score (nSPS) is 18.2. The zero-order valence-electron chi connectivity index (χ0n) is 14.8. The Morgan fingerprint density at radius 3 is 2.48 bits per heavy atom. The highest BCUT2D eigenvalue weighted by molar-refractivity contribution is 5.44. The Morgan fingerprint density at radius 1 is 1.00 bits per heavy atom. The molecule has 1 fully saturated rings. The molecule has 3 heterocycles. The Balaban J connectivity index is 1.30. The number of rotatable bonds is 5. The Morgan fingerprint density at radius 2 is 1.72 bits per heavy atom. The van der Waals surface area contributed by atoms with Gasteiger partial charge in [0.1, 0.15) is 0 Å². The van der Waals surface area contributed by atoms with Crippen molar-refractivity contribution in [1.29, 1.82) is 0 Å². The summed E-state index contributed by atoms with van der Waals surface area (Å²) in [6.45, 7) is 10.4. The topological polar surface area (TPSA) is 68.5 Å². The van der Waals surface area contributed by atoms with Gasteiger partial charge in [-0.3, -0.25) is 9.80 Å². The van der Waals surface area contributed by atoms with Crippen molar-refractivity contribution in [3.05, 3.63) is 29.6 Å². The molecule has 2 aromatic rings. The minimum Gasteiger partial charge on any atom is -0.454 e. The highest BCUT2D eigenvalue weighted by Crippen LogP contribution is 2.32. The van der Waals surface area contributed by atoms with Gasteiger partial charge in [-0.1, -0.05) is 6.07 Å². The van der Waals surface area contributed by atoms with Gasteiger partial charge in [-0.2, -0.15) is 0 Å². The Bertz CT molecular complexity index is 724. The van der Waals surface area contributed by atoms with Crippen LogP contribution in [0.5, 0.6) is 11.5 Å². The molecule has 0 saturated carbocycles. The first-order valence-corrected chi connectivity index (χ1v) is 8.79. The number of hydrogen-bond acceptors (Lipinski definition) is 7. The number of nitrogens with zero attached hydrogens (tertiary/aromatic N) is 6. The molecule has 4 rings (SSSR count). The molecule has 2 aliphatic heterocycles.